The van der Waals surface area contributed by atoms with Gasteiger partial charge in [-0.2, -0.15) is 5.10 Å². The third-order valence-electron chi connectivity index (χ3n) is 3.05. The highest BCUT2D eigenvalue weighted by atomic mass is 35.5. The Bertz CT molecular complexity index is 488. The van der Waals surface area contributed by atoms with Gasteiger partial charge in [-0.15, -0.1) is 11.6 Å². The van der Waals surface area contributed by atoms with Crippen LogP contribution in [0.2, 0.25) is 0 Å². The zero-order valence-electron chi connectivity index (χ0n) is 10.5. The molecule has 0 aliphatic rings. The SMILES string of the molecule is CCn1nc(CCCC(C)Cl)c2ccccc21. The first kappa shape index (κ1) is 12.4. The molecule has 1 unspecified atom stereocenters. The fraction of sp³-hybridized carbons (Fsp3) is 0.500. The van der Waals surface area contributed by atoms with E-state index in [1.54, 1.807) is 0 Å². The Morgan fingerprint density at radius 3 is 2.82 bits per heavy atom. The van der Waals surface area contributed by atoms with Crippen molar-refractivity contribution in [2.75, 3.05) is 0 Å². The van der Waals surface area contributed by atoms with Gasteiger partial charge in [-0.05, 0) is 39.2 Å². The Balaban J connectivity index is 2.22. The number of nitrogens with zero attached hydrogens (tertiary/aromatic N) is 2. The normalized spacial score (nSPS) is 13.1. The maximum absolute atomic E-state index is 5.97. The number of halogens is 1. The summed E-state index contributed by atoms with van der Waals surface area (Å²) in [6.07, 6.45) is 3.18. The molecule has 0 aliphatic heterocycles. The number of alkyl halides is 1. The van der Waals surface area contributed by atoms with Crippen LogP contribution < -0.4 is 0 Å². The first-order valence-electron chi connectivity index (χ1n) is 6.31. The van der Waals surface area contributed by atoms with Crippen LogP contribution in [0.4, 0.5) is 0 Å². The van der Waals surface area contributed by atoms with E-state index in [1.807, 2.05) is 6.92 Å². The van der Waals surface area contributed by atoms with Crippen LogP contribution in [0, 0.1) is 0 Å². The highest BCUT2D eigenvalue weighted by Crippen LogP contribution is 2.20. The smallest absolute Gasteiger partial charge is 0.0703 e. The van der Waals surface area contributed by atoms with Crippen molar-refractivity contribution in [1.29, 1.82) is 0 Å². The topological polar surface area (TPSA) is 17.8 Å². The van der Waals surface area contributed by atoms with Crippen LogP contribution in [0.5, 0.6) is 0 Å². The Morgan fingerprint density at radius 2 is 2.12 bits per heavy atom. The maximum Gasteiger partial charge on any atom is 0.0703 e. The molecular weight excluding hydrogens is 232 g/mol. The zero-order chi connectivity index (χ0) is 12.3. The van der Waals surface area contributed by atoms with Crippen molar-refractivity contribution in [3.05, 3.63) is 30.0 Å². The van der Waals surface area contributed by atoms with Gasteiger partial charge in [-0.1, -0.05) is 18.2 Å². The van der Waals surface area contributed by atoms with Crippen molar-refractivity contribution >= 4 is 22.5 Å². The molecule has 1 heterocycles. The van der Waals surface area contributed by atoms with E-state index in [-0.39, 0.29) is 5.38 Å². The van der Waals surface area contributed by atoms with Crippen LogP contribution in [0.15, 0.2) is 24.3 Å². The van der Waals surface area contributed by atoms with Crippen molar-refractivity contribution in [3.8, 4) is 0 Å². The van der Waals surface area contributed by atoms with Crippen LogP contribution in [-0.2, 0) is 13.0 Å². The van der Waals surface area contributed by atoms with Crippen molar-refractivity contribution in [2.24, 2.45) is 0 Å². The van der Waals surface area contributed by atoms with Gasteiger partial charge in [0.25, 0.3) is 0 Å². The third kappa shape index (κ3) is 2.81. The molecule has 3 heteroatoms. The predicted octanol–water partition coefficient (Wildman–Crippen LogP) is 4.01. The molecule has 1 aromatic heterocycles. The molecule has 0 saturated heterocycles. The van der Waals surface area contributed by atoms with Crippen molar-refractivity contribution < 1.29 is 0 Å². The van der Waals surface area contributed by atoms with E-state index in [4.69, 9.17) is 11.6 Å². The highest BCUT2D eigenvalue weighted by molar-refractivity contribution is 6.20. The molecular formula is C14H19ClN2. The molecule has 1 aromatic carbocycles. The summed E-state index contributed by atoms with van der Waals surface area (Å²) in [7, 11) is 0. The van der Waals surface area contributed by atoms with Gasteiger partial charge >= 0.3 is 0 Å². The van der Waals surface area contributed by atoms with E-state index in [1.165, 1.54) is 16.6 Å². The third-order valence-corrected chi connectivity index (χ3v) is 3.27. The number of aryl methyl sites for hydroxylation is 2. The van der Waals surface area contributed by atoms with Gasteiger partial charge in [0.2, 0.25) is 0 Å². The van der Waals surface area contributed by atoms with Gasteiger partial charge in [0.15, 0.2) is 0 Å². The lowest BCUT2D eigenvalue weighted by atomic mass is 10.1. The predicted molar refractivity (Wildman–Crippen MR) is 73.7 cm³/mol. The number of para-hydroxylation sites is 1. The molecule has 0 radical (unpaired) electrons. The minimum atomic E-state index is 0.259. The largest absolute Gasteiger partial charge is 0.265 e. The summed E-state index contributed by atoms with van der Waals surface area (Å²) in [6.45, 7) is 5.10. The molecule has 0 N–H and O–H groups in total. The summed E-state index contributed by atoms with van der Waals surface area (Å²) in [5, 5.41) is 6.23. The van der Waals surface area contributed by atoms with E-state index in [0.717, 1.165) is 25.8 Å². The Hall–Kier alpha value is -1.02. The summed E-state index contributed by atoms with van der Waals surface area (Å²) in [4.78, 5) is 0. The van der Waals surface area contributed by atoms with Crippen LogP contribution in [0.1, 0.15) is 32.4 Å². The highest BCUT2D eigenvalue weighted by Gasteiger charge is 2.08. The number of benzene rings is 1. The lowest BCUT2D eigenvalue weighted by Crippen LogP contribution is -1.98. The number of rotatable bonds is 5. The van der Waals surface area contributed by atoms with Crippen molar-refractivity contribution in [2.45, 2.75) is 45.0 Å². The molecule has 0 saturated carbocycles. The van der Waals surface area contributed by atoms with Crippen LogP contribution in [-0.4, -0.2) is 15.2 Å². The number of hydrogen-bond donors (Lipinski definition) is 0. The van der Waals surface area contributed by atoms with Gasteiger partial charge in [0.05, 0.1) is 11.2 Å². The van der Waals surface area contributed by atoms with Crippen LogP contribution in [0.25, 0.3) is 10.9 Å². The van der Waals surface area contributed by atoms with Gasteiger partial charge in [-0.3, -0.25) is 4.68 Å². The minimum Gasteiger partial charge on any atom is -0.265 e. The van der Waals surface area contributed by atoms with Gasteiger partial charge in [0, 0.05) is 17.3 Å². The standard InChI is InChI=1S/C14H19ClN2/c1-3-17-14-10-5-4-8-12(14)13(16-17)9-6-7-11(2)15/h4-5,8,10-11H,3,6-7,9H2,1-2H3. The average molecular weight is 251 g/mol. The molecule has 0 amide bonds. The Morgan fingerprint density at radius 1 is 1.35 bits per heavy atom. The molecule has 1 atom stereocenters. The van der Waals surface area contributed by atoms with Gasteiger partial charge in [0.1, 0.15) is 0 Å². The summed E-state index contributed by atoms with van der Waals surface area (Å²) in [5.74, 6) is 0. The Labute approximate surface area is 108 Å². The van der Waals surface area contributed by atoms with Crippen molar-refractivity contribution in [3.63, 3.8) is 0 Å². The first-order chi connectivity index (χ1) is 8.22. The molecule has 92 valence electrons. The van der Waals surface area contributed by atoms with E-state index < -0.39 is 0 Å². The lowest BCUT2D eigenvalue weighted by molar-refractivity contribution is 0.649. The molecule has 0 fully saturated rings. The maximum atomic E-state index is 5.97. The minimum absolute atomic E-state index is 0.259. The van der Waals surface area contributed by atoms with E-state index in [0.29, 0.717) is 0 Å². The number of hydrogen-bond acceptors (Lipinski definition) is 1. The van der Waals surface area contributed by atoms with Crippen LogP contribution in [0.3, 0.4) is 0 Å². The summed E-state index contributed by atoms with van der Waals surface area (Å²) >= 11 is 5.97. The second-order valence-corrected chi connectivity index (χ2v) is 5.20. The zero-order valence-corrected chi connectivity index (χ0v) is 11.2. The molecule has 0 spiro atoms. The molecule has 2 aromatic rings. The summed E-state index contributed by atoms with van der Waals surface area (Å²) in [6, 6.07) is 8.45. The van der Waals surface area contributed by atoms with E-state index in [2.05, 4.69) is 41.0 Å². The molecule has 2 nitrogen and oxygen atoms in total. The number of aromatic nitrogens is 2. The van der Waals surface area contributed by atoms with E-state index in [9.17, 15) is 0 Å². The molecule has 2 rings (SSSR count). The van der Waals surface area contributed by atoms with E-state index >= 15 is 0 Å². The fourth-order valence-electron chi connectivity index (χ4n) is 2.17. The second-order valence-electron chi connectivity index (χ2n) is 4.45. The quantitative estimate of drug-likeness (QED) is 0.734. The monoisotopic (exact) mass is 250 g/mol. The average Bonchev–Trinajstić information content (AvgIpc) is 2.68. The molecule has 17 heavy (non-hydrogen) atoms. The summed E-state index contributed by atoms with van der Waals surface area (Å²) in [5.41, 5.74) is 2.45. The van der Waals surface area contributed by atoms with Gasteiger partial charge in [-0.25, -0.2) is 0 Å². The fourth-order valence-corrected chi connectivity index (χ4v) is 2.33. The van der Waals surface area contributed by atoms with Crippen LogP contribution >= 0.6 is 11.6 Å². The summed E-state index contributed by atoms with van der Waals surface area (Å²) < 4.78 is 2.08. The first-order valence-corrected chi connectivity index (χ1v) is 6.74. The molecule has 0 bridgehead atoms. The van der Waals surface area contributed by atoms with Gasteiger partial charge < -0.3 is 0 Å². The number of fused-ring (bicyclic) bond motifs is 1. The lowest BCUT2D eigenvalue weighted by Gasteiger charge is -2.00. The van der Waals surface area contributed by atoms with Crippen molar-refractivity contribution in [1.82, 2.24) is 9.78 Å². The second kappa shape index (κ2) is 5.54. The molecule has 0 aliphatic carbocycles. The Kier molecular flexibility index (Phi) is 4.06.